The van der Waals surface area contributed by atoms with E-state index >= 15 is 0 Å². The summed E-state index contributed by atoms with van der Waals surface area (Å²) in [5.74, 6) is -1.02. The van der Waals surface area contributed by atoms with E-state index in [2.05, 4.69) is 4.98 Å². The van der Waals surface area contributed by atoms with Crippen LogP contribution in [0.2, 0.25) is 0 Å². The fourth-order valence-corrected chi connectivity index (χ4v) is 3.38. The van der Waals surface area contributed by atoms with Crippen LogP contribution in [0.5, 0.6) is 0 Å². The lowest BCUT2D eigenvalue weighted by Crippen LogP contribution is -2.27. The fraction of sp³-hybridized carbons (Fsp3) is 0.227. The number of ether oxygens (including phenoxy) is 1. The van der Waals surface area contributed by atoms with Crippen molar-refractivity contribution in [2.75, 3.05) is 19.7 Å². The van der Waals surface area contributed by atoms with Gasteiger partial charge < -0.3 is 14.6 Å². The Morgan fingerprint density at radius 1 is 0.929 bits per heavy atom. The summed E-state index contributed by atoms with van der Waals surface area (Å²) in [6, 6.07) is 14.5. The molecule has 4 rings (SSSR count). The molecule has 6 nitrogen and oxygen atoms in total. The molecule has 28 heavy (non-hydrogen) atoms. The van der Waals surface area contributed by atoms with Gasteiger partial charge in [-0.25, -0.2) is 4.79 Å². The summed E-state index contributed by atoms with van der Waals surface area (Å²) in [5.41, 5.74) is 1.10. The third-order valence-corrected chi connectivity index (χ3v) is 4.95. The standard InChI is InChI=1S/C22H20N2O4/c25-20(18-12-19(23-13-18)21(26)24-9-3-4-10-24)14-28-22(27)17-8-7-15-5-1-2-6-16(15)11-17/h1-2,5-8,11-13,23H,3-4,9-10,14H2. The molecule has 142 valence electrons. The number of likely N-dealkylation sites (tertiary alicyclic amines) is 1. The quantitative estimate of drug-likeness (QED) is 0.546. The Hall–Kier alpha value is -3.41. The molecule has 0 bridgehead atoms. The van der Waals surface area contributed by atoms with Gasteiger partial charge in [0.25, 0.3) is 5.91 Å². The van der Waals surface area contributed by atoms with Crippen LogP contribution in [0.4, 0.5) is 0 Å². The number of esters is 1. The molecular weight excluding hydrogens is 356 g/mol. The van der Waals surface area contributed by atoms with Gasteiger partial charge in [-0.15, -0.1) is 0 Å². The van der Waals surface area contributed by atoms with Crippen molar-refractivity contribution < 1.29 is 19.1 Å². The predicted molar refractivity (Wildman–Crippen MR) is 104 cm³/mol. The number of aromatic amines is 1. The third kappa shape index (κ3) is 3.67. The van der Waals surface area contributed by atoms with E-state index in [9.17, 15) is 14.4 Å². The average Bonchev–Trinajstić information content (AvgIpc) is 3.43. The molecule has 0 aliphatic carbocycles. The highest BCUT2D eigenvalue weighted by Crippen LogP contribution is 2.17. The molecule has 1 aliphatic heterocycles. The number of carbonyl (C=O) groups excluding carboxylic acids is 3. The molecule has 2 aromatic carbocycles. The summed E-state index contributed by atoms with van der Waals surface area (Å²) in [5, 5.41) is 1.96. The van der Waals surface area contributed by atoms with E-state index in [-0.39, 0.29) is 18.3 Å². The molecule has 1 amide bonds. The smallest absolute Gasteiger partial charge is 0.338 e. The van der Waals surface area contributed by atoms with Gasteiger partial charge in [-0.3, -0.25) is 9.59 Å². The van der Waals surface area contributed by atoms with Gasteiger partial charge in [-0.2, -0.15) is 0 Å². The minimum Gasteiger partial charge on any atom is -0.454 e. The molecule has 0 atom stereocenters. The number of nitrogens with one attached hydrogen (secondary N) is 1. The first-order valence-electron chi connectivity index (χ1n) is 9.28. The van der Waals surface area contributed by atoms with E-state index < -0.39 is 5.97 Å². The fourth-order valence-electron chi connectivity index (χ4n) is 3.38. The molecule has 1 aliphatic rings. The van der Waals surface area contributed by atoms with Crippen LogP contribution in [0, 0.1) is 0 Å². The first-order chi connectivity index (χ1) is 13.6. The molecule has 3 aromatic rings. The molecule has 1 saturated heterocycles. The number of carbonyl (C=O) groups is 3. The maximum atomic E-state index is 12.3. The molecule has 0 unspecified atom stereocenters. The second kappa shape index (κ2) is 7.68. The van der Waals surface area contributed by atoms with E-state index in [4.69, 9.17) is 4.74 Å². The number of benzene rings is 2. The number of fused-ring (bicyclic) bond motifs is 1. The largest absolute Gasteiger partial charge is 0.454 e. The monoisotopic (exact) mass is 376 g/mol. The molecular formula is C22H20N2O4. The van der Waals surface area contributed by atoms with Gasteiger partial charge in [-0.05, 0) is 41.8 Å². The number of Topliss-reactive ketones (excluding diaryl/α,β-unsaturated/α-hetero) is 1. The summed E-state index contributed by atoms with van der Waals surface area (Å²) >= 11 is 0. The Bertz CT molecular complexity index is 1050. The van der Waals surface area contributed by atoms with Crippen molar-refractivity contribution >= 4 is 28.4 Å². The highest BCUT2D eigenvalue weighted by atomic mass is 16.5. The molecule has 1 aromatic heterocycles. The van der Waals surface area contributed by atoms with Crippen molar-refractivity contribution in [3.05, 3.63) is 71.5 Å². The molecule has 1 N–H and O–H groups in total. The second-order valence-electron chi connectivity index (χ2n) is 6.86. The van der Waals surface area contributed by atoms with Crippen LogP contribution in [0.1, 0.15) is 44.0 Å². The number of nitrogens with zero attached hydrogens (tertiary/aromatic N) is 1. The first-order valence-corrected chi connectivity index (χ1v) is 9.28. The SMILES string of the molecule is O=C(COC(=O)c1ccc2ccccc2c1)c1c[nH]c(C(=O)N2CCCC2)c1. The van der Waals surface area contributed by atoms with Crippen LogP contribution < -0.4 is 0 Å². The third-order valence-electron chi connectivity index (χ3n) is 4.95. The van der Waals surface area contributed by atoms with Crippen LogP contribution in [-0.2, 0) is 4.74 Å². The van der Waals surface area contributed by atoms with E-state index in [1.165, 1.54) is 12.3 Å². The predicted octanol–water partition coefficient (Wildman–Crippen LogP) is 3.44. The van der Waals surface area contributed by atoms with Crippen molar-refractivity contribution in [3.8, 4) is 0 Å². The van der Waals surface area contributed by atoms with Crippen LogP contribution in [0.3, 0.4) is 0 Å². The highest BCUT2D eigenvalue weighted by molar-refractivity contribution is 6.02. The minimum atomic E-state index is -0.553. The van der Waals surface area contributed by atoms with E-state index in [0.29, 0.717) is 16.8 Å². The van der Waals surface area contributed by atoms with Crippen LogP contribution >= 0.6 is 0 Å². The van der Waals surface area contributed by atoms with E-state index in [1.807, 2.05) is 30.3 Å². The Labute approximate surface area is 162 Å². The van der Waals surface area contributed by atoms with Gasteiger partial charge in [0.2, 0.25) is 5.78 Å². The highest BCUT2D eigenvalue weighted by Gasteiger charge is 2.22. The first kappa shape index (κ1) is 18.0. The summed E-state index contributed by atoms with van der Waals surface area (Å²) in [7, 11) is 0. The lowest BCUT2D eigenvalue weighted by molar-refractivity contribution is 0.0475. The Morgan fingerprint density at radius 3 is 2.46 bits per heavy atom. The average molecular weight is 376 g/mol. The summed E-state index contributed by atoms with van der Waals surface area (Å²) in [6.45, 7) is 1.11. The summed E-state index contributed by atoms with van der Waals surface area (Å²) in [6.07, 6.45) is 3.49. The molecule has 6 heteroatoms. The number of rotatable bonds is 5. The van der Waals surface area contributed by atoms with Gasteiger partial charge in [0.15, 0.2) is 6.61 Å². The van der Waals surface area contributed by atoms with E-state index in [0.717, 1.165) is 36.7 Å². The molecule has 0 saturated carbocycles. The van der Waals surface area contributed by atoms with Crippen molar-refractivity contribution in [1.82, 2.24) is 9.88 Å². The molecule has 2 heterocycles. The van der Waals surface area contributed by atoms with Crippen molar-refractivity contribution in [3.63, 3.8) is 0 Å². The molecule has 0 spiro atoms. The van der Waals surface area contributed by atoms with Gasteiger partial charge in [0.1, 0.15) is 5.69 Å². The van der Waals surface area contributed by atoms with Crippen LogP contribution in [-0.4, -0.2) is 47.2 Å². The Balaban J connectivity index is 1.38. The van der Waals surface area contributed by atoms with Crippen LogP contribution in [0.15, 0.2) is 54.7 Å². The lowest BCUT2D eigenvalue weighted by Gasteiger charge is -2.13. The Kier molecular flexibility index (Phi) is 4.93. The Morgan fingerprint density at radius 2 is 1.68 bits per heavy atom. The lowest BCUT2D eigenvalue weighted by atomic mass is 10.1. The van der Waals surface area contributed by atoms with E-state index in [1.54, 1.807) is 17.0 Å². The number of ketones is 1. The molecule has 0 radical (unpaired) electrons. The van der Waals surface area contributed by atoms with Crippen LogP contribution in [0.25, 0.3) is 10.8 Å². The van der Waals surface area contributed by atoms with Gasteiger partial charge in [0.05, 0.1) is 5.56 Å². The van der Waals surface area contributed by atoms with Crippen molar-refractivity contribution in [2.24, 2.45) is 0 Å². The topological polar surface area (TPSA) is 79.5 Å². The van der Waals surface area contributed by atoms with Gasteiger partial charge >= 0.3 is 5.97 Å². The van der Waals surface area contributed by atoms with Crippen molar-refractivity contribution in [1.29, 1.82) is 0 Å². The number of hydrogen-bond donors (Lipinski definition) is 1. The maximum Gasteiger partial charge on any atom is 0.338 e. The zero-order valence-electron chi connectivity index (χ0n) is 15.3. The van der Waals surface area contributed by atoms with Gasteiger partial charge in [0, 0.05) is 24.8 Å². The van der Waals surface area contributed by atoms with Gasteiger partial charge in [-0.1, -0.05) is 30.3 Å². The number of hydrogen-bond acceptors (Lipinski definition) is 4. The summed E-state index contributed by atoms with van der Waals surface area (Å²) < 4.78 is 5.17. The zero-order chi connectivity index (χ0) is 19.5. The number of H-pyrrole nitrogens is 1. The second-order valence-corrected chi connectivity index (χ2v) is 6.86. The maximum absolute atomic E-state index is 12.3. The number of aromatic nitrogens is 1. The minimum absolute atomic E-state index is 0.107. The zero-order valence-corrected chi connectivity index (χ0v) is 15.3. The summed E-state index contributed by atoms with van der Waals surface area (Å²) in [4.78, 5) is 41.5. The normalized spacial score (nSPS) is 13.6. The number of amides is 1. The molecule has 1 fully saturated rings. The van der Waals surface area contributed by atoms with Crippen molar-refractivity contribution in [2.45, 2.75) is 12.8 Å².